The maximum absolute atomic E-state index is 11.4. The SMILES string of the molecule is CCOC(=O)CCCc1nc2c(Nc3ccc(N)c(C=N)c3)ncnc2s1. The molecule has 4 N–H and O–H groups in total. The highest BCUT2D eigenvalue weighted by atomic mass is 32.1. The minimum absolute atomic E-state index is 0.189. The highest BCUT2D eigenvalue weighted by molar-refractivity contribution is 7.18. The van der Waals surface area contributed by atoms with E-state index in [9.17, 15) is 4.79 Å². The predicted molar refractivity (Wildman–Crippen MR) is 107 cm³/mol. The second-order valence-corrected chi connectivity index (χ2v) is 6.82. The van der Waals surface area contributed by atoms with Crippen LogP contribution in [0, 0.1) is 5.41 Å². The topological polar surface area (TPSA) is 127 Å². The van der Waals surface area contributed by atoms with E-state index in [-0.39, 0.29) is 5.97 Å². The number of thiazole rings is 1. The lowest BCUT2D eigenvalue weighted by Gasteiger charge is -2.08. The second kappa shape index (κ2) is 8.54. The average Bonchev–Trinajstić information content (AvgIpc) is 3.07. The van der Waals surface area contributed by atoms with Crippen LogP contribution >= 0.6 is 11.3 Å². The number of rotatable bonds is 8. The molecule has 0 aliphatic rings. The summed E-state index contributed by atoms with van der Waals surface area (Å²) in [6.07, 6.45) is 4.42. The number of esters is 1. The molecule has 0 radical (unpaired) electrons. The first-order valence-electron chi connectivity index (χ1n) is 8.53. The first kappa shape index (κ1) is 18.7. The van der Waals surface area contributed by atoms with Crippen molar-refractivity contribution in [3.05, 3.63) is 35.1 Å². The standard InChI is InChI=1S/C18H20N6O2S/c1-2-26-15(25)5-3-4-14-24-16-17(21-10-22-18(16)27-14)23-12-6-7-13(20)11(8-12)9-19/h6-10,19H,2-5,20H2,1H3,(H,21,22,23). The number of anilines is 3. The van der Waals surface area contributed by atoms with E-state index in [4.69, 9.17) is 15.9 Å². The van der Waals surface area contributed by atoms with Gasteiger partial charge in [-0.15, -0.1) is 0 Å². The Labute approximate surface area is 160 Å². The highest BCUT2D eigenvalue weighted by Crippen LogP contribution is 2.28. The van der Waals surface area contributed by atoms with Crippen molar-refractivity contribution in [1.82, 2.24) is 15.0 Å². The number of hydrogen-bond acceptors (Lipinski definition) is 9. The molecule has 2 heterocycles. The van der Waals surface area contributed by atoms with Gasteiger partial charge in [0.15, 0.2) is 5.82 Å². The zero-order valence-electron chi connectivity index (χ0n) is 14.9. The Balaban J connectivity index is 1.76. The van der Waals surface area contributed by atoms with E-state index in [0.717, 1.165) is 15.5 Å². The Kier molecular flexibility index (Phi) is 5.92. The number of aryl methyl sites for hydroxylation is 1. The summed E-state index contributed by atoms with van der Waals surface area (Å²) in [5.41, 5.74) is 8.44. The van der Waals surface area contributed by atoms with Gasteiger partial charge in [-0.1, -0.05) is 11.3 Å². The summed E-state index contributed by atoms with van der Waals surface area (Å²) in [6, 6.07) is 5.34. The molecule has 0 bridgehead atoms. The van der Waals surface area contributed by atoms with Gasteiger partial charge in [0.2, 0.25) is 0 Å². The van der Waals surface area contributed by atoms with Crippen LogP contribution in [-0.4, -0.2) is 33.7 Å². The minimum atomic E-state index is -0.189. The van der Waals surface area contributed by atoms with Crippen LogP contribution in [0.2, 0.25) is 0 Å². The Bertz CT molecular complexity index is 972. The van der Waals surface area contributed by atoms with Crippen molar-refractivity contribution < 1.29 is 9.53 Å². The van der Waals surface area contributed by atoms with Crippen LogP contribution in [0.15, 0.2) is 24.5 Å². The third-order valence-electron chi connectivity index (χ3n) is 3.82. The number of nitrogens with zero attached hydrogens (tertiary/aromatic N) is 3. The third-order valence-corrected chi connectivity index (χ3v) is 4.84. The first-order chi connectivity index (χ1) is 13.1. The number of nitrogens with one attached hydrogen (secondary N) is 2. The van der Waals surface area contributed by atoms with Crippen LogP contribution in [0.25, 0.3) is 10.3 Å². The van der Waals surface area contributed by atoms with Crippen LogP contribution in [0.1, 0.15) is 30.3 Å². The van der Waals surface area contributed by atoms with Crippen LogP contribution in [0.5, 0.6) is 0 Å². The fourth-order valence-corrected chi connectivity index (χ4v) is 3.47. The van der Waals surface area contributed by atoms with Gasteiger partial charge in [0.05, 0.1) is 11.6 Å². The molecule has 8 nitrogen and oxygen atoms in total. The summed E-state index contributed by atoms with van der Waals surface area (Å²) >= 11 is 1.49. The number of hydrogen-bond donors (Lipinski definition) is 3. The molecule has 140 valence electrons. The quantitative estimate of drug-likeness (QED) is 0.309. The van der Waals surface area contributed by atoms with Gasteiger partial charge >= 0.3 is 5.97 Å². The number of benzene rings is 1. The molecule has 0 amide bonds. The molecule has 0 spiro atoms. The molecule has 0 saturated heterocycles. The molecule has 0 unspecified atom stereocenters. The number of carbonyl (C=O) groups excluding carboxylic acids is 1. The zero-order chi connectivity index (χ0) is 19.2. The molecular weight excluding hydrogens is 364 g/mol. The van der Waals surface area contributed by atoms with Crippen molar-refractivity contribution >= 4 is 51.1 Å². The largest absolute Gasteiger partial charge is 0.466 e. The van der Waals surface area contributed by atoms with Gasteiger partial charge in [-0.3, -0.25) is 4.79 Å². The third kappa shape index (κ3) is 4.56. The Morgan fingerprint density at radius 3 is 3.04 bits per heavy atom. The van der Waals surface area contributed by atoms with Crippen molar-refractivity contribution in [3.63, 3.8) is 0 Å². The van der Waals surface area contributed by atoms with Crippen LogP contribution in [0.4, 0.5) is 17.2 Å². The van der Waals surface area contributed by atoms with Gasteiger partial charge in [-0.2, -0.15) is 0 Å². The Morgan fingerprint density at radius 1 is 1.41 bits per heavy atom. The maximum Gasteiger partial charge on any atom is 0.305 e. The molecule has 0 saturated carbocycles. The van der Waals surface area contributed by atoms with Crippen molar-refractivity contribution in [2.45, 2.75) is 26.2 Å². The molecular formula is C18H20N6O2S. The molecule has 2 aromatic heterocycles. The molecule has 0 aliphatic heterocycles. The number of fused-ring (bicyclic) bond motifs is 1. The van der Waals surface area contributed by atoms with Crippen molar-refractivity contribution in [3.8, 4) is 0 Å². The molecule has 0 aliphatic carbocycles. The summed E-state index contributed by atoms with van der Waals surface area (Å²) in [7, 11) is 0. The Morgan fingerprint density at radius 2 is 2.26 bits per heavy atom. The second-order valence-electron chi connectivity index (χ2n) is 5.76. The van der Waals surface area contributed by atoms with Crippen molar-refractivity contribution in [2.75, 3.05) is 17.7 Å². The van der Waals surface area contributed by atoms with E-state index >= 15 is 0 Å². The average molecular weight is 384 g/mol. The van der Waals surface area contributed by atoms with Crippen molar-refractivity contribution in [1.29, 1.82) is 5.41 Å². The lowest BCUT2D eigenvalue weighted by Crippen LogP contribution is -2.03. The summed E-state index contributed by atoms with van der Waals surface area (Å²) in [5, 5.41) is 11.5. The van der Waals surface area contributed by atoms with E-state index < -0.39 is 0 Å². The van der Waals surface area contributed by atoms with E-state index in [1.807, 2.05) is 6.07 Å². The van der Waals surface area contributed by atoms with Gasteiger partial charge < -0.3 is 21.2 Å². The molecule has 3 rings (SSSR count). The normalized spacial score (nSPS) is 10.7. The fraction of sp³-hybridized carbons (Fsp3) is 0.278. The minimum Gasteiger partial charge on any atom is -0.466 e. The summed E-state index contributed by atoms with van der Waals surface area (Å²) in [6.45, 7) is 2.19. The smallest absolute Gasteiger partial charge is 0.305 e. The number of aromatic nitrogens is 3. The van der Waals surface area contributed by atoms with E-state index in [1.54, 1.807) is 19.1 Å². The van der Waals surface area contributed by atoms with Gasteiger partial charge in [-0.05, 0) is 38.0 Å². The summed E-state index contributed by atoms with van der Waals surface area (Å²) in [4.78, 5) is 25.4. The number of ether oxygens (including phenoxy) is 1. The van der Waals surface area contributed by atoms with Gasteiger partial charge in [0, 0.05) is 29.6 Å². The Hall–Kier alpha value is -3.07. The van der Waals surface area contributed by atoms with Crippen molar-refractivity contribution in [2.24, 2.45) is 0 Å². The lowest BCUT2D eigenvalue weighted by atomic mass is 10.1. The summed E-state index contributed by atoms with van der Waals surface area (Å²) in [5.74, 6) is 0.403. The van der Waals surface area contributed by atoms with Gasteiger partial charge in [0.25, 0.3) is 0 Å². The van der Waals surface area contributed by atoms with Crippen LogP contribution in [0.3, 0.4) is 0 Å². The first-order valence-corrected chi connectivity index (χ1v) is 9.35. The zero-order valence-corrected chi connectivity index (χ0v) is 15.7. The number of nitrogens with two attached hydrogens (primary N) is 1. The van der Waals surface area contributed by atoms with Crippen LogP contribution in [-0.2, 0) is 16.0 Å². The molecule has 27 heavy (non-hydrogen) atoms. The molecule has 1 aromatic carbocycles. The molecule has 9 heteroatoms. The highest BCUT2D eigenvalue weighted by Gasteiger charge is 2.12. The summed E-state index contributed by atoms with van der Waals surface area (Å²) < 4.78 is 4.94. The lowest BCUT2D eigenvalue weighted by molar-refractivity contribution is -0.143. The molecule has 0 atom stereocenters. The predicted octanol–water partition coefficient (Wildman–Crippen LogP) is 3.30. The maximum atomic E-state index is 11.4. The van der Waals surface area contributed by atoms with Gasteiger partial charge in [-0.25, -0.2) is 15.0 Å². The fourth-order valence-electron chi connectivity index (χ4n) is 2.53. The van der Waals surface area contributed by atoms with E-state index in [1.165, 1.54) is 23.9 Å². The van der Waals surface area contributed by atoms with E-state index in [2.05, 4.69) is 20.3 Å². The number of nitrogen functional groups attached to an aromatic ring is 1. The van der Waals surface area contributed by atoms with Crippen LogP contribution < -0.4 is 11.1 Å². The molecule has 0 fully saturated rings. The van der Waals surface area contributed by atoms with E-state index in [0.29, 0.717) is 48.5 Å². The monoisotopic (exact) mass is 384 g/mol. The van der Waals surface area contributed by atoms with Gasteiger partial charge in [0.1, 0.15) is 16.7 Å². The number of carbonyl (C=O) groups is 1. The molecule has 3 aromatic rings.